The van der Waals surface area contributed by atoms with Crippen LogP contribution < -0.4 is 10.1 Å². The molecule has 1 amide bonds. The molecular weight excluding hydrogens is 350 g/mol. The van der Waals surface area contributed by atoms with Gasteiger partial charge in [0.15, 0.2) is 0 Å². The monoisotopic (exact) mass is 365 g/mol. The molecule has 1 aliphatic heterocycles. The number of thiophene rings is 1. The summed E-state index contributed by atoms with van der Waals surface area (Å²) in [5.41, 5.74) is 2.88. The summed E-state index contributed by atoms with van der Waals surface area (Å²) in [6.07, 6.45) is 0.834. The number of carbonyl (C=O) groups excluding carboxylic acids is 1. The minimum Gasteiger partial charge on any atom is -0.493 e. The number of anilines is 1. The molecule has 0 fully saturated rings. The van der Waals surface area contributed by atoms with E-state index in [4.69, 9.17) is 4.74 Å². The van der Waals surface area contributed by atoms with Crippen LogP contribution in [0.2, 0.25) is 0 Å². The van der Waals surface area contributed by atoms with E-state index in [0.717, 1.165) is 22.6 Å². The van der Waals surface area contributed by atoms with Crippen molar-refractivity contribution in [1.82, 2.24) is 0 Å². The van der Waals surface area contributed by atoms with Crippen molar-refractivity contribution in [3.8, 4) is 16.2 Å². The van der Waals surface area contributed by atoms with E-state index in [1.165, 1.54) is 11.6 Å². The van der Waals surface area contributed by atoms with Crippen molar-refractivity contribution in [2.45, 2.75) is 6.42 Å². The summed E-state index contributed by atoms with van der Waals surface area (Å²) in [7, 11) is 0. The number of hydrogen-bond donors (Lipinski definition) is 2. The Bertz CT molecular complexity index is 1010. The zero-order valence-electron chi connectivity index (χ0n) is 13.7. The first-order valence-electron chi connectivity index (χ1n) is 8.11. The minimum absolute atomic E-state index is 0.0551. The molecule has 0 saturated heterocycles. The number of rotatable bonds is 3. The van der Waals surface area contributed by atoms with Crippen LogP contribution in [0.1, 0.15) is 26.3 Å². The molecule has 0 atom stereocenters. The SMILES string of the molecule is O=C(Nc1ccccc1C(=O)O)c1ccc2c(c1)-c1sccc1CCO2. The third-order valence-electron chi connectivity index (χ3n) is 4.27. The zero-order valence-corrected chi connectivity index (χ0v) is 14.5. The summed E-state index contributed by atoms with van der Waals surface area (Å²) in [5.74, 6) is -0.683. The lowest BCUT2D eigenvalue weighted by Gasteiger charge is -2.11. The third-order valence-corrected chi connectivity index (χ3v) is 5.26. The lowest BCUT2D eigenvalue weighted by atomic mass is 10.0. The molecule has 26 heavy (non-hydrogen) atoms. The van der Waals surface area contributed by atoms with Crippen LogP contribution in [0.25, 0.3) is 10.4 Å². The number of nitrogens with one attached hydrogen (secondary N) is 1. The Balaban J connectivity index is 1.68. The number of ether oxygens (including phenoxy) is 1. The van der Waals surface area contributed by atoms with Crippen LogP contribution in [0, 0.1) is 0 Å². The number of amides is 1. The highest BCUT2D eigenvalue weighted by atomic mass is 32.1. The smallest absolute Gasteiger partial charge is 0.337 e. The van der Waals surface area contributed by atoms with Gasteiger partial charge in [0.05, 0.1) is 17.9 Å². The summed E-state index contributed by atoms with van der Waals surface area (Å²) >= 11 is 1.62. The molecule has 3 aromatic rings. The second-order valence-corrected chi connectivity index (χ2v) is 6.81. The standard InChI is InChI=1S/C20H15NO4S/c22-19(21-16-4-2-1-3-14(16)20(23)24)13-5-6-17-15(11-13)18-12(7-9-25-17)8-10-26-18/h1-6,8,10-11H,7,9H2,(H,21,22)(H,23,24). The van der Waals surface area contributed by atoms with Crippen LogP contribution >= 0.6 is 11.3 Å². The van der Waals surface area contributed by atoms with E-state index < -0.39 is 5.97 Å². The van der Waals surface area contributed by atoms with Gasteiger partial charge < -0.3 is 15.2 Å². The maximum absolute atomic E-state index is 12.7. The molecule has 2 heterocycles. The van der Waals surface area contributed by atoms with E-state index in [-0.39, 0.29) is 17.2 Å². The van der Waals surface area contributed by atoms with Crippen molar-refractivity contribution >= 4 is 28.9 Å². The van der Waals surface area contributed by atoms with E-state index in [1.807, 2.05) is 5.38 Å². The molecule has 2 aromatic carbocycles. The van der Waals surface area contributed by atoms with E-state index in [9.17, 15) is 14.7 Å². The quantitative estimate of drug-likeness (QED) is 0.726. The van der Waals surface area contributed by atoms with Crippen molar-refractivity contribution in [3.63, 3.8) is 0 Å². The molecule has 130 valence electrons. The number of carboxylic acid groups (broad SMARTS) is 1. The van der Waals surface area contributed by atoms with Crippen LogP contribution in [-0.4, -0.2) is 23.6 Å². The van der Waals surface area contributed by atoms with Crippen molar-refractivity contribution < 1.29 is 19.4 Å². The molecule has 1 aliphatic rings. The average molecular weight is 365 g/mol. The number of benzene rings is 2. The van der Waals surface area contributed by atoms with Crippen molar-refractivity contribution in [1.29, 1.82) is 0 Å². The topological polar surface area (TPSA) is 75.6 Å². The van der Waals surface area contributed by atoms with Gasteiger partial charge in [-0.1, -0.05) is 12.1 Å². The number of aromatic carboxylic acids is 1. The van der Waals surface area contributed by atoms with Crippen molar-refractivity contribution in [2.24, 2.45) is 0 Å². The number of para-hydroxylation sites is 1. The van der Waals surface area contributed by atoms with Crippen molar-refractivity contribution in [2.75, 3.05) is 11.9 Å². The predicted molar refractivity (Wildman–Crippen MR) is 100 cm³/mol. The fraction of sp³-hybridized carbons (Fsp3) is 0.100. The van der Waals surface area contributed by atoms with Crippen LogP contribution in [0.15, 0.2) is 53.9 Å². The Labute approximate surface area is 153 Å². The summed E-state index contributed by atoms with van der Waals surface area (Å²) in [4.78, 5) is 25.1. The van der Waals surface area contributed by atoms with Gasteiger partial charge in [-0.2, -0.15) is 0 Å². The Kier molecular flexibility index (Phi) is 4.18. The number of carbonyl (C=O) groups is 2. The molecular formula is C20H15NO4S. The molecule has 0 radical (unpaired) electrons. The van der Waals surface area contributed by atoms with Gasteiger partial charge in [-0.05, 0) is 47.3 Å². The molecule has 4 rings (SSSR count). The van der Waals surface area contributed by atoms with Crippen LogP contribution in [0.4, 0.5) is 5.69 Å². The Hall–Kier alpha value is -3.12. The minimum atomic E-state index is -1.08. The van der Waals surface area contributed by atoms with Crippen LogP contribution in [0.3, 0.4) is 0 Å². The first kappa shape index (κ1) is 16.4. The van der Waals surface area contributed by atoms with Gasteiger partial charge in [0.25, 0.3) is 5.91 Å². The lowest BCUT2D eigenvalue weighted by molar-refractivity contribution is 0.0698. The second-order valence-electron chi connectivity index (χ2n) is 5.89. The summed E-state index contributed by atoms with van der Waals surface area (Å²) < 4.78 is 5.79. The highest BCUT2D eigenvalue weighted by Gasteiger charge is 2.19. The fourth-order valence-corrected chi connectivity index (χ4v) is 3.96. The third kappa shape index (κ3) is 2.95. The fourth-order valence-electron chi connectivity index (χ4n) is 2.99. The van der Waals surface area contributed by atoms with Crippen LogP contribution in [-0.2, 0) is 6.42 Å². The van der Waals surface area contributed by atoms with Gasteiger partial charge >= 0.3 is 5.97 Å². The number of carboxylic acids is 1. The normalized spacial score (nSPS) is 12.3. The predicted octanol–water partition coefficient (Wildman–Crippen LogP) is 4.30. The zero-order chi connectivity index (χ0) is 18.1. The first-order valence-corrected chi connectivity index (χ1v) is 8.99. The molecule has 5 nitrogen and oxygen atoms in total. The lowest BCUT2D eigenvalue weighted by Crippen LogP contribution is -2.15. The molecule has 6 heteroatoms. The molecule has 2 N–H and O–H groups in total. The van der Waals surface area contributed by atoms with Gasteiger partial charge in [0.1, 0.15) is 5.75 Å². The van der Waals surface area contributed by atoms with Gasteiger partial charge in [0, 0.05) is 22.4 Å². The maximum atomic E-state index is 12.7. The Morgan fingerprint density at radius 1 is 1.12 bits per heavy atom. The van der Waals surface area contributed by atoms with E-state index in [1.54, 1.807) is 47.7 Å². The van der Waals surface area contributed by atoms with Gasteiger partial charge in [-0.3, -0.25) is 4.79 Å². The Morgan fingerprint density at radius 2 is 1.96 bits per heavy atom. The summed E-state index contributed by atoms with van der Waals surface area (Å²) in [6, 6.07) is 13.7. The van der Waals surface area contributed by atoms with Gasteiger partial charge in [-0.15, -0.1) is 11.3 Å². The van der Waals surface area contributed by atoms with E-state index in [2.05, 4.69) is 11.4 Å². The first-order chi connectivity index (χ1) is 12.6. The summed E-state index contributed by atoms with van der Waals surface area (Å²) in [6.45, 7) is 0.605. The van der Waals surface area contributed by atoms with E-state index in [0.29, 0.717) is 12.2 Å². The molecule has 1 aromatic heterocycles. The molecule has 0 bridgehead atoms. The van der Waals surface area contributed by atoms with E-state index >= 15 is 0 Å². The largest absolute Gasteiger partial charge is 0.493 e. The molecule has 0 unspecified atom stereocenters. The molecule has 0 aliphatic carbocycles. The molecule has 0 saturated carbocycles. The Morgan fingerprint density at radius 3 is 2.81 bits per heavy atom. The summed E-state index contributed by atoms with van der Waals surface area (Å²) in [5, 5.41) is 14.0. The average Bonchev–Trinajstić information content (AvgIpc) is 3.03. The second kappa shape index (κ2) is 6.65. The number of fused-ring (bicyclic) bond motifs is 3. The van der Waals surface area contributed by atoms with Gasteiger partial charge in [0.2, 0.25) is 0 Å². The van der Waals surface area contributed by atoms with Crippen LogP contribution in [0.5, 0.6) is 5.75 Å². The van der Waals surface area contributed by atoms with Gasteiger partial charge in [-0.25, -0.2) is 4.79 Å². The molecule has 0 spiro atoms. The number of hydrogen-bond acceptors (Lipinski definition) is 4. The van der Waals surface area contributed by atoms with Crippen molar-refractivity contribution in [3.05, 3.63) is 70.6 Å². The maximum Gasteiger partial charge on any atom is 0.337 e. The highest BCUT2D eigenvalue weighted by Crippen LogP contribution is 2.39. The highest BCUT2D eigenvalue weighted by molar-refractivity contribution is 7.13.